The number of benzene rings is 1. The van der Waals surface area contributed by atoms with Crippen LogP contribution in [0.15, 0.2) is 17.0 Å². The van der Waals surface area contributed by atoms with Crippen LogP contribution in [0, 0.1) is 5.92 Å². The van der Waals surface area contributed by atoms with Crippen LogP contribution < -0.4 is 0 Å². The Hall–Kier alpha value is -0.510. The molecular formula is C24H37ClO2S. The Morgan fingerprint density at radius 2 is 1.46 bits per heavy atom. The molecule has 1 aliphatic carbocycles. The Labute approximate surface area is 180 Å². The minimum atomic E-state index is -0.849. The predicted octanol–water partition coefficient (Wildman–Crippen LogP) is 7.22. The summed E-state index contributed by atoms with van der Waals surface area (Å²) in [4.78, 5) is 14.1. The first-order valence-corrected chi connectivity index (χ1v) is 12.1. The molecule has 0 aliphatic heterocycles. The SMILES string of the molecule is CC(C)c1cc(C(C)C)c(SC(=O)[C@@H](Cl)[C@H](O)C2CCCCC2)c(C(C)C)c1. The van der Waals surface area contributed by atoms with Gasteiger partial charge in [-0.25, -0.2) is 0 Å². The Bertz CT molecular complexity index is 634. The van der Waals surface area contributed by atoms with Gasteiger partial charge in [-0.1, -0.05) is 72.9 Å². The third-order valence-corrected chi connectivity index (χ3v) is 7.66. The van der Waals surface area contributed by atoms with E-state index >= 15 is 0 Å². The monoisotopic (exact) mass is 424 g/mol. The van der Waals surface area contributed by atoms with Gasteiger partial charge in [0.2, 0.25) is 5.12 Å². The van der Waals surface area contributed by atoms with Gasteiger partial charge in [0.15, 0.2) is 0 Å². The molecule has 28 heavy (non-hydrogen) atoms. The van der Waals surface area contributed by atoms with Crippen molar-refractivity contribution in [2.75, 3.05) is 0 Å². The van der Waals surface area contributed by atoms with Gasteiger partial charge in [-0.2, -0.15) is 0 Å². The highest BCUT2D eigenvalue weighted by Gasteiger charge is 2.33. The third kappa shape index (κ3) is 5.77. The molecule has 2 atom stereocenters. The Morgan fingerprint density at radius 1 is 0.964 bits per heavy atom. The fourth-order valence-corrected chi connectivity index (χ4v) is 5.64. The molecule has 1 aromatic rings. The number of hydrogen-bond acceptors (Lipinski definition) is 3. The summed E-state index contributed by atoms with van der Waals surface area (Å²) in [5, 5.41) is 9.73. The number of rotatable bonds is 7. The van der Waals surface area contributed by atoms with Crippen LogP contribution in [0.25, 0.3) is 0 Å². The van der Waals surface area contributed by atoms with Gasteiger partial charge in [-0.15, -0.1) is 11.6 Å². The van der Waals surface area contributed by atoms with Crippen LogP contribution in [0.4, 0.5) is 0 Å². The van der Waals surface area contributed by atoms with Crippen LogP contribution >= 0.6 is 23.4 Å². The number of aliphatic hydroxyl groups is 1. The number of alkyl halides is 1. The van der Waals surface area contributed by atoms with Crippen molar-refractivity contribution < 1.29 is 9.90 Å². The van der Waals surface area contributed by atoms with Crippen LogP contribution in [0.1, 0.15) is 108 Å². The third-order valence-electron chi connectivity index (χ3n) is 5.94. The number of thioether (sulfide) groups is 1. The summed E-state index contributed by atoms with van der Waals surface area (Å²) in [6, 6.07) is 4.50. The van der Waals surface area contributed by atoms with E-state index in [9.17, 15) is 9.90 Å². The molecule has 0 radical (unpaired) electrons. The fraction of sp³-hybridized carbons (Fsp3) is 0.708. The summed E-state index contributed by atoms with van der Waals surface area (Å²) in [5.74, 6) is 1.24. The molecule has 4 heteroatoms. The van der Waals surface area contributed by atoms with E-state index < -0.39 is 11.5 Å². The van der Waals surface area contributed by atoms with Crippen molar-refractivity contribution in [1.29, 1.82) is 0 Å². The van der Waals surface area contributed by atoms with E-state index in [1.165, 1.54) is 34.9 Å². The summed E-state index contributed by atoms with van der Waals surface area (Å²) in [7, 11) is 0. The largest absolute Gasteiger partial charge is 0.391 e. The summed E-state index contributed by atoms with van der Waals surface area (Å²) in [5.41, 5.74) is 3.74. The molecule has 0 heterocycles. The van der Waals surface area contributed by atoms with E-state index in [2.05, 4.69) is 53.7 Å². The molecule has 0 unspecified atom stereocenters. The van der Waals surface area contributed by atoms with Crippen LogP contribution in [0.3, 0.4) is 0 Å². The van der Waals surface area contributed by atoms with Gasteiger partial charge < -0.3 is 5.11 Å². The van der Waals surface area contributed by atoms with E-state index in [4.69, 9.17) is 11.6 Å². The van der Waals surface area contributed by atoms with Crippen LogP contribution in [-0.4, -0.2) is 21.7 Å². The Kier molecular flexibility index (Phi) is 8.91. The van der Waals surface area contributed by atoms with Crippen molar-refractivity contribution in [3.63, 3.8) is 0 Å². The number of aliphatic hydroxyl groups excluding tert-OH is 1. The van der Waals surface area contributed by atoms with Crippen molar-refractivity contribution >= 4 is 28.5 Å². The summed E-state index contributed by atoms with van der Waals surface area (Å²) < 4.78 is 0. The van der Waals surface area contributed by atoms with Crippen molar-refractivity contribution in [3.05, 3.63) is 28.8 Å². The van der Waals surface area contributed by atoms with Crippen molar-refractivity contribution in [1.82, 2.24) is 0 Å². The van der Waals surface area contributed by atoms with Crippen LogP contribution in [0.5, 0.6) is 0 Å². The Balaban J connectivity index is 2.31. The minimum Gasteiger partial charge on any atom is -0.391 e. The molecule has 158 valence electrons. The molecule has 2 rings (SSSR count). The lowest BCUT2D eigenvalue weighted by Crippen LogP contribution is -2.35. The summed E-state index contributed by atoms with van der Waals surface area (Å²) in [6.45, 7) is 13.1. The lowest BCUT2D eigenvalue weighted by Gasteiger charge is -2.29. The zero-order valence-corrected chi connectivity index (χ0v) is 19.9. The lowest BCUT2D eigenvalue weighted by molar-refractivity contribution is -0.113. The second-order valence-electron chi connectivity index (χ2n) is 9.20. The fourth-order valence-electron chi connectivity index (χ4n) is 4.02. The summed E-state index contributed by atoms with van der Waals surface area (Å²) in [6.07, 6.45) is 4.66. The van der Waals surface area contributed by atoms with Gasteiger partial charge in [-0.05, 0) is 65.0 Å². The van der Waals surface area contributed by atoms with E-state index in [1.54, 1.807) is 0 Å². The van der Waals surface area contributed by atoms with Crippen molar-refractivity contribution in [2.24, 2.45) is 5.92 Å². The molecule has 2 nitrogen and oxygen atoms in total. The first-order valence-electron chi connectivity index (χ1n) is 10.8. The Morgan fingerprint density at radius 3 is 1.89 bits per heavy atom. The molecule has 1 aliphatic rings. The second-order valence-corrected chi connectivity index (χ2v) is 10.7. The van der Waals surface area contributed by atoms with Crippen molar-refractivity contribution in [3.8, 4) is 0 Å². The molecule has 0 saturated heterocycles. The number of halogens is 1. The number of hydrogen-bond donors (Lipinski definition) is 1. The van der Waals surface area contributed by atoms with E-state index in [1.807, 2.05) is 0 Å². The average molecular weight is 425 g/mol. The van der Waals surface area contributed by atoms with Gasteiger partial charge in [0, 0.05) is 4.90 Å². The molecule has 0 amide bonds. The number of carbonyl (C=O) groups excluding carboxylic acids is 1. The first-order chi connectivity index (χ1) is 13.1. The van der Waals surface area contributed by atoms with Gasteiger partial charge in [0.1, 0.15) is 5.38 Å². The maximum absolute atomic E-state index is 13.0. The topological polar surface area (TPSA) is 37.3 Å². The molecule has 1 aromatic carbocycles. The van der Waals surface area contributed by atoms with Gasteiger partial charge in [0.25, 0.3) is 0 Å². The molecule has 0 aromatic heterocycles. The highest BCUT2D eigenvalue weighted by atomic mass is 35.5. The van der Waals surface area contributed by atoms with E-state index in [0.717, 1.165) is 30.6 Å². The molecule has 1 saturated carbocycles. The van der Waals surface area contributed by atoms with E-state index in [0.29, 0.717) is 17.8 Å². The molecule has 0 bridgehead atoms. The van der Waals surface area contributed by atoms with Gasteiger partial charge in [-0.3, -0.25) is 4.79 Å². The minimum absolute atomic E-state index is 0.124. The first kappa shape index (κ1) is 23.8. The van der Waals surface area contributed by atoms with Gasteiger partial charge >= 0.3 is 0 Å². The zero-order valence-electron chi connectivity index (χ0n) is 18.3. The maximum atomic E-state index is 13.0. The second kappa shape index (κ2) is 10.5. The normalized spacial score (nSPS) is 18.1. The molecular weight excluding hydrogens is 388 g/mol. The maximum Gasteiger partial charge on any atom is 0.214 e. The molecule has 1 fully saturated rings. The summed E-state index contributed by atoms with van der Waals surface area (Å²) >= 11 is 7.73. The quantitative estimate of drug-likeness (QED) is 0.370. The van der Waals surface area contributed by atoms with E-state index in [-0.39, 0.29) is 11.0 Å². The highest BCUT2D eigenvalue weighted by Crippen LogP contribution is 2.40. The highest BCUT2D eigenvalue weighted by molar-refractivity contribution is 8.14. The number of carbonyl (C=O) groups is 1. The lowest BCUT2D eigenvalue weighted by atomic mass is 9.84. The van der Waals surface area contributed by atoms with Crippen LogP contribution in [0.2, 0.25) is 0 Å². The smallest absolute Gasteiger partial charge is 0.214 e. The predicted molar refractivity (Wildman–Crippen MR) is 122 cm³/mol. The molecule has 1 N–H and O–H groups in total. The van der Waals surface area contributed by atoms with Gasteiger partial charge in [0.05, 0.1) is 6.10 Å². The zero-order chi connectivity index (χ0) is 21.0. The molecule has 0 spiro atoms. The standard InChI is InChI=1S/C24H37ClO2S/c1-14(2)18-12-19(15(3)4)23(20(13-18)16(5)6)28-24(27)21(25)22(26)17-10-8-7-9-11-17/h12-17,21-22,26H,7-11H2,1-6H3/t21-,22+/m0/s1. The average Bonchev–Trinajstić information content (AvgIpc) is 2.66. The van der Waals surface area contributed by atoms with Crippen molar-refractivity contribution in [2.45, 2.75) is 108 Å². The van der Waals surface area contributed by atoms with Crippen LogP contribution in [-0.2, 0) is 4.79 Å².